The Balaban J connectivity index is 1.97. The summed E-state index contributed by atoms with van der Waals surface area (Å²) in [7, 11) is 0. The summed E-state index contributed by atoms with van der Waals surface area (Å²) in [5.74, 6) is 0. The normalized spacial score (nSPS) is 10.7. The van der Waals surface area contributed by atoms with E-state index in [4.69, 9.17) is 0 Å². The van der Waals surface area contributed by atoms with Crippen molar-refractivity contribution in [1.29, 1.82) is 0 Å². The molecule has 0 spiro atoms. The van der Waals surface area contributed by atoms with E-state index in [1.165, 1.54) is 9.13 Å². The highest BCUT2D eigenvalue weighted by Crippen LogP contribution is 1.98. The number of halogens is 1. The zero-order valence-corrected chi connectivity index (χ0v) is 10.5. The number of hydrogen-bond acceptors (Lipinski definition) is 0. The van der Waals surface area contributed by atoms with Gasteiger partial charge in [-0.1, -0.05) is 48.5 Å². The van der Waals surface area contributed by atoms with Gasteiger partial charge in [0.1, 0.15) is 0 Å². The van der Waals surface area contributed by atoms with Gasteiger partial charge in [-0.05, 0) is 23.8 Å². The second-order valence-corrected chi connectivity index (χ2v) is 5.70. The van der Waals surface area contributed by atoms with Gasteiger partial charge in [0.2, 0.25) is 0 Å². The van der Waals surface area contributed by atoms with Crippen LogP contribution in [0.2, 0.25) is 0 Å². The van der Waals surface area contributed by atoms with Gasteiger partial charge in [-0.3, -0.25) is 0 Å². The minimum atomic E-state index is 0.0204. The van der Waals surface area contributed by atoms with Crippen LogP contribution in [0.15, 0.2) is 64.7 Å². The highest BCUT2D eigenvalue weighted by atomic mass is 127. The molecule has 0 fully saturated rings. The van der Waals surface area contributed by atoms with Crippen molar-refractivity contribution in [2.24, 2.45) is 0 Å². The number of hydrogen-bond donors (Lipinski definition) is 0. The molecule has 0 saturated carbocycles. The molecule has 0 saturated heterocycles. The molecule has 0 amide bonds. The first-order valence-corrected chi connectivity index (χ1v) is 7.17. The SMILES string of the molecule is C(=C\c1ccccc1)/[I+]c1ccccc1. The largest absolute Gasteiger partial charge is 0.349 e. The maximum absolute atomic E-state index is 2.31. The van der Waals surface area contributed by atoms with Crippen LogP contribution in [0.1, 0.15) is 5.56 Å². The fourth-order valence-electron chi connectivity index (χ4n) is 1.23. The van der Waals surface area contributed by atoms with Gasteiger partial charge in [0.25, 0.3) is 0 Å². The second kappa shape index (κ2) is 5.71. The molecule has 2 aromatic rings. The van der Waals surface area contributed by atoms with Gasteiger partial charge in [-0.15, -0.1) is 0 Å². The molecule has 0 bridgehead atoms. The monoisotopic (exact) mass is 307 g/mol. The first kappa shape index (κ1) is 10.4. The van der Waals surface area contributed by atoms with Crippen molar-refractivity contribution >= 4 is 6.08 Å². The lowest BCUT2D eigenvalue weighted by Gasteiger charge is -1.86. The Morgan fingerprint density at radius 1 is 0.733 bits per heavy atom. The summed E-state index contributed by atoms with van der Waals surface area (Å²) < 4.78 is 3.77. The van der Waals surface area contributed by atoms with Crippen LogP contribution >= 0.6 is 0 Å². The van der Waals surface area contributed by atoms with Crippen LogP contribution in [0.3, 0.4) is 0 Å². The van der Waals surface area contributed by atoms with Gasteiger partial charge in [0, 0.05) is 0 Å². The lowest BCUT2D eigenvalue weighted by atomic mass is 10.2. The Hall–Kier alpha value is -1.09. The van der Waals surface area contributed by atoms with Crippen LogP contribution in [0.4, 0.5) is 0 Å². The standard InChI is InChI=1S/C14H12I/c1-3-7-13(8-4-1)11-12-15-14-9-5-2-6-10-14/h1-12H/q+1/b12-11+. The van der Waals surface area contributed by atoms with Gasteiger partial charge in [0.15, 0.2) is 7.65 Å². The zero-order chi connectivity index (χ0) is 10.3. The van der Waals surface area contributed by atoms with Crippen molar-refractivity contribution in [2.75, 3.05) is 0 Å². The molecule has 0 heterocycles. The van der Waals surface area contributed by atoms with Gasteiger partial charge in [-0.2, -0.15) is 0 Å². The first-order valence-electron chi connectivity index (χ1n) is 4.85. The molecule has 2 aromatic carbocycles. The summed E-state index contributed by atoms with van der Waals surface area (Å²) in [6, 6.07) is 21.1. The highest BCUT2D eigenvalue weighted by Gasteiger charge is 2.04. The molecule has 0 aliphatic rings. The summed E-state index contributed by atoms with van der Waals surface area (Å²) in [5.41, 5.74) is 1.29. The quantitative estimate of drug-likeness (QED) is 0.729. The Labute approximate surface area is 101 Å². The molecule has 0 N–H and O–H groups in total. The van der Waals surface area contributed by atoms with Crippen molar-refractivity contribution < 1.29 is 21.2 Å². The van der Waals surface area contributed by atoms with E-state index >= 15 is 0 Å². The fourth-order valence-corrected chi connectivity index (χ4v) is 3.07. The van der Waals surface area contributed by atoms with E-state index in [0.717, 1.165) is 0 Å². The van der Waals surface area contributed by atoms with Gasteiger partial charge >= 0.3 is 21.2 Å². The molecule has 0 radical (unpaired) electrons. The van der Waals surface area contributed by atoms with Crippen molar-refractivity contribution in [3.63, 3.8) is 0 Å². The van der Waals surface area contributed by atoms with Crippen LogP contribution in [0.5, 0.6) is 0 Å². The molecule has 0 aromatic heterocycles. The summed E-state index contributed by atoms with van der Waals surface area (Å²) in [5, 5.41) is 0. The lowest BCUT2D eigenvalue weighted by Crippen LogP contribution is -3.59. The summed E-state index contributed by atoms with van der Waals surface area (Å²) in [6.07, 6.45) is 2.21. The summed E-state index contributed by atoms with van der Waals surface area (Å²) in [6.45, 7) is 0. The number of rotatable bonds is 3. The molecular weight excluding hydrogens is 295 g/mol. The van der Waals surface area contributed by atoms with Crippen LogP contribution in [0.25, 0.3) is 6.08 Å². The van der Waals surface area contributed by atoms with Crippen LogP contribution in [0, 0.1) is 3.57 Å². The molecular formula is C14H12I+. The minimum Gasteiger partial charge on any atom is -0.0622 e. The van der Waals surface area contributed by atoms with Crippen LogP contribution < -0.4 is 21.2 Å². The average molecular weight is 307 g/mol. The molecule has 2 rings (SSSR count). The maximum atomic E-state index is 2.31. The predicted octanol–water partition coefficient (Wildman–Crippen LogP) is 0.616. The third kappa shape index (κ3) is 3.51. The van der Waals surface area contributed by atoms with Crippen LogP contribution in [-0.4, -0.2) is 0 Å². The first-order chi connectivity index (χ1) is 7.45. The summed E-state index contributed by atoms with van der Waals surface area (Å²) in [4.78, 5) is 0. The second-order valence-electron chi connectivity index (χ2n) is 3.11. The van der Waals surface area contributed by atoms with Gasteiger partial charge in [-0.25, -0.2) is 0 Å². The topological polar surface area (TPSA) is 0 Å². The third-order valence-electron chi connectivity index (χ3n) is 1.98. The maximum Gasteiger partial charge on any atom is 0.349 e. The van der Waals surface area contributed by atoms with Crippen molar-refractivity contribution in [3.8, 4) is 0 Å². The van der Waals surface area contributed by atoms with Gasteiger partial charge < -0.3 is 0 Å². The molecule has 0 unspecified atom stereocenters. The molecule has 0 aliphatic heterocycles. The third-order valence-corrected chi connectivity index (χ3v) is 4.13. The van der Waals surface area contributed by atoms with E-state index < -0.39 is 0 Å². The highest BCUT2D eigenvalue weighted by molar-refractivity contribution is 5.47. The molecule has 15 heavy (non-hydrogen) atoms. The van der Waals surface area contributed by atoms with E-state index in [9.17, 15) is 0 Å². The zero-order valence-electron chi connectivity index (χ0n) is 8.31. The molecule has 74 valence electrons. The lowest BCUT2D eigenvalue weighted by molar-refractivity contribution is -0.555. The van der Waals surface area contributed by atoms with Crippen LogP contribution in [-0.2, 0) is 0 Å². The fraction of sp³-hybridized carbons (Fsp3) is 0. The minimum absolute atomic E-state index is 0.0204. The molecule has 0 nitrogen and oxygen atoms in total. The predicted molar refractivity (Wildman–Crippen MR) is 60.6 cm³/mol. The smallest absolute Gasteiger partial charge is 0.0622 e. The Bertz CT molecular complexity index is 418. The Morgan fingerprint density at radius 2 is 1.33 bits per heavy atom. The molecule has 1 heteroatoms. The Kier molecular flexibility index (Phi) is 3.97. The van der Waals surface area contributed by atoms with Crippen molar-refractivity contribution in [1.82, 2.24) is 0 Å². The molecule has 0 atom stereocenters. The van der Waals surface area contributed by atoms with E-state index in [0.29, 0.717) is 0 Å². The Morgan fingerprint density at radius 3 is 2.00 bits per heavy atom. The van der Waals surface area contributed by atoms with E-state index in [-0.39, 0.29) is 21.2 Å². The van der Waals surface area contributed by atoms with Crippen molar-refractivity contribution in [3.05, 3.63) is 73.9 Å². The van der Waals surface area contributed by atoms with E-state index in [2.05, 4.69) is 64.8 Å². The van der Waals surface area contributed by atoms with E-state index in [1.54, 1.807) is 0 Å². The van der Waals surface area contributed by atoms with Crippen molar-refractivity contribution in [2.45, 2.75) is 0 Å². The number of benzene rings is 2. The summed E-state index contributed by atoms with van der Waals surface area (Å²) >= 11 is 0.0204. The van der Waals surface area contributed by atoms with Gasteiger partial charge in [0.05, 0.1) is 0 Å². The van der Waals surface area contributed by atoms with E-state index in [1.807, 2.05) is 6.07 Å². The average Bonchev–Trinajstić information content (AvgIpc) is 2.32. The molecule has 0 aliphatic carbocycles.